The van der Waals surface area contributed by atoms with Gasteiger partial charge in [0.1, 0.15) is 0 Å². The molecule has 1 saturated heterocycles. The summed E-state index contributed by atoms with van der Waals surface area (Å²) in [7, 11) is 2.24. The smallest absolute Gasteiger partial charge is 0.0118 e. The Labute approximate surface area is 101 Å². The highest BCUT2D eigenvalue weighted by Gasteiger charge is 2.34. The highest BCUT2D eigenvalue weighted by Crippen LogP contribution is 2.37. The quantitative estimate of drug-likeness (QED) is 0.792. The Balaban J connectivity index is 1.71. The van der Waals surface area contributed by atoms with Crippen LogP contribution in [0.1, 0.15) is 46.0 Å². The van der Waals surface area contributed by atoms with E-state index >= 15 is 0 Å². The topological polar surface area (TPSA) is 15.3 Å². The number of rotatable bonds is 3. The van der Waals surface area contributed by atoms with Gasteiger partial charge in [0.15, 0.2) is 0 Å². The van der Waals surface area contributed by atoms with Gasteiger partial charge in [-0.25, -0.2) is 0 Å². The van der Waals surface area contributed by atoms with Gasteiger partial charge in [0, 0.05) is 6.04 Å². The average Bonchev–Trinajstić information content (AvgIpc) is 2.57. The maximum Gasteiger partial charge on any atom is 0.0118 e. The first-order valence-corrected chi connectivity index (χ1v) is 7.00. The molecule has 1 heterocycles. The van der Waals surface area contributed by atoms with Crippen molar-refractivity contribution in [1.29, 1.82) is 0 Å². The van der Waals surface area contributed by atoms with Gasteiger partial charge in [-0.15, -0.1) is 0 Å². The van der Waals surface area contributed by atoms with Crippen molar-refractivity contribution in [3.63, 3.8) is 0 Å². The summed E-state index contributed by atoms with van der Waals surface area (Å²) in [6.07, 6.45) is 6.98. The lowest BCUT2D eigenvalue weighted by Crippen LogP contribution is -2.42. The second kappa shape index (κ2) is 5.05. The molecule has 0 amide bonds. The molecule has 2 nitrogen and oxygen atoms in total. The summed E-state index contributed by atoms with van der Waals surface area (Å²) >= 11 is 0. The number of hydrogen-bond acceptors (Lipinski definition) is 2. The maximum absolute atomic E-state index is 3.84. The maximum atomic E-state index is 3.84. The molecule has 0 radical (unpaired) electrons. The lowest BCUT2D eigenvalue weighted by molar-refractivity contribution is 0.199. The van der Waals surface area contributed by atoms with E-state index in [2.05, 4.69) is 31.1 Å². The highest BCUT2D eigenvalue weighted by atomic mass is 15.1. The fourth-order valence-electron chi connectivity index (χ4n) is 3.28. The van der Waals surface area contributed by atoms with E-state index < -0.39 is 0 Å². The molecule has 1 aliphatic carbocycles. The molecular formula is C14H28N2. The van der Waals surface area contributed by atoms with Crippen LogP contribution in [0.5, 0.6) is 0 Å². The molecular weight excluding hydrogens is 196 g/mol. The summed E-state index contributed by atoms with van der Waals surface area (Å²) in [6.45, 7) is 8.68. The van der Waals surface area contributed by atoms with Crippen molar-refractivity contribution >= 4 is 0 Å². The predicted molar refractivity (Wildman–Crippen MR) is 69.6 cm³/mol. The van der Waals surface area contributed by atoms with Gasteiger partial charge in [-0.2, -0.15) is 0 Å². The summed E-state index contributed by atoms with van der Waals surface area (Å²) in [5, 5.41) is 3.84. The zero-order valence-corrected chi connectivity index (χ0v) is 11.3. The summed E-state index contributed by atoms with van der Waals surface area (Å²) in [4.78, 5) is 2.45. The van der Waals surface area contributed by atoms with E-state index in [0.717, 1.165) is 12.0 Å². The summed E-state index contributed by atoms with van der Waals surface area (Å²) in [5.41, 5.74) is 0.533. The first-order valence-electron chi connectivity index (χ1n) is 7.00. The minimum atomic E-state index is 0.533. The molecule has 1 atom stereocenters. The zero-order chi connectivity index (χ0) is 11.6. The van der Waals surface area contributed by atoms with Crippen molar-refractivity contribution in [1.82, 2.24) is 10.2 Å². The molecule has 2 fully saturated rings. The molecule has 0 aromatic rings. The lowest BCUT2D eigenvalue weighted by atomic mass is 9.86. The van der Waals surface area contributed by atoms with Crippen molar-refractivity contribution in [3.05, 3.63) is 0 Å². The Morgan fingerprint density at radius 1 is 1.19 bits per heavy atom. The third kappa shape index (κ3) is 2.98. The van der Waals surface area contributed by atoms with Crippen LogP contribution < -0.4 is 5.32 Å². The number of nitrogens with zero attached hydrogens (tertiary/aromatic N) is 1. The van der Waals surface area contributed by atoms with Crippen molar-refractivity contribution in [2.75, 3.05) is 26.7 Å². The number of hydrogen-bond donors (Lipinski definition) is 1. The van der Waals surface area contributed by atoms with Gasteiger partial charge in [-0.3, -0.25) is 0 Å². The van der Waals surface area contributed by atoms with E-state index in [0.29, 0.717) is 5.41 Å². The van der Waals surface area contributed by atoms with Crippen LogP contribution in [0.3, 0.4) is 0 Å². The molecule has 16 heavy (non-hydrogen) atoms. The minimum Gasteiger partial charge on any atom is -0.313 e. The molecule has 2 aliphatic rings. The van der Waals surface area contributed by atoms with Crippen LogP contribution in [-0.2, 0) is 0 Å². The van der Waals surface area contributed by atoms with Gasteiger partial charge in [0.25, 0.3) is 0 Å². The first-order chi connectivity index (χ1) is 7.58. The second-order valence-electron chi connectivity index (χ2n) is 6.59. The third-order valence-corrected chi connectivity index (χ3v) is 4.75. The summed E-state index contributed by atoms with van der Waals surface area (Å²) in [5.74, 6) is 0.924. The van der Waals surface area contributed by atoms with Crippen LogP contribution >= 0.6 is 0 Å². The van der Waals surface area contributed by atoms with E-state index in [-0.39, 0.29) is 0 Å². The molecule has 2 rings (SSSR count). The molecule has 0 bridgehead atoms. The summed E-state index contributed by atoms with van der Waals surface area (Å²) in [6, 6.07) is 0.771. The van der Waals surface area contributed by atoms with E-state index in [4.69, 9.17) is 0 Å². The van der Waals surface area contributed by atoms with Crippen LogP contribution in [-0.4, -0.2) is 37.6 Å². The van der Waals surface area contributed by atoms with E-state index in [1.807, 2.05) is 0 Å². The van der Waals surface area contributed by atoms with E-state index in [9.17, 15) is 0 Å². The Morgan fingerprint density at radius 3 is 2.44 bits per heavy atom. The molecule has 1 saturated carbocycles. The average molecular weight is 224 g/mol. The van der Waals surface area contributed by atoms with Gasteiger partial charge in [-0.05, 0) is 63.7 Å². The molecule has 2 heteroatoms. The van der Waals surface area contributed by atoms with Crippen LogP contribution in [0.4, 0.5) is 0 Å². The largest absolute Gasteiger partial charge is 0.313 e. The monoisotopic (exact) mass is 224 g/mol. The Kier molecular flexibility index (Phi) is 3.91. The van der Waals surface area contributed by atoms with Crippen molar-refractivity contribution in [2.24, 2.45) is 11.3 Å². The molecule has 94 valence electrons. The SMILES string of the molecule is CN1CCC(CNC2CCCC2(C)C)CC1. The standard InChI is InChI=1S/C14H28N2/c1-14(2)8-4-5-13(14)15-11-12-6-9-16(3)10-7-12/h12-13,15H,4-11H2,1-3H3. The van der Waals surface area contributed by atoms with E-state index in [1.54, 1.807) is 0 Å². The van der Waals surface area contributed by atoms with Gasteiger partial charge in [-0.1, -0.05) is 20.3 Å². The van der Waals surface area contributed by atoms with E-state index in [1.165, 1.54) is 51.7 Å². The fourth-order valence-corrected chi connectivity index (χ4v) is 3.28. The normalized spacial score (nSPS) is 32.1. The Morgan fingerprint density at radius 2 is 1.88 bits per heavy atom. The predicted octanol–water partition coefficient (Wildman–Crippen LogP) is 2.50. The molecule has 0 aromatic carbocycles. The number of nitrogens with one attached hydrogen (secondary N) is 1. The van der Waals surface area contributed by atoms with Crippen LogP contribution in [0.15, 0.2) is 0 Å². The van der Waals surface area contributed by atoms with Gasteiger partial charge in [0.05, 0.1) is 0 Å². The van der Waals surface area contributed by atoms with Crippen molar-refractivity contribution in [3.8, 4) is 0 Å². The Bertz CT molecular complexity index is 217. The summed E-state index contributed by atoms with van der Waals surface area (Å²) < 4.78 is 0. The molecule has 1 unspecified atom stereocenters. The highest BCUT2D eigenvalue weighted by molar-refractivity contribution is 4.90. The van der Waals surface area contributed by atoms with Crippen LogP contribution in [0.2, 0.25) is 0 Å². The number of likely N-dealkylation sites (tertiary alicyclic amines) is 1. The molecule has 0 spiro atoms. The Hall–Kier alpha value is -0.0800. The van der Waals surface area contributed by atoms with Gasteiger partial charge < -0.3 is 10.2 Å². The van der Waals surface area contributed by atoms with Crippen LogP contribution in [0.25, 0.3) is 0 Å². The number of piperidine rings is 1. The molecule has 0 aromatic heterocycles. The fraction of sp³-hybridized carbons (Fsp3) is 1.00. The van der Waals surface area contributed by atoms with Gasteiger partial charge in [0.2, 0.25) is 0 Å². The zero-order valence-electron chi connectivity index (χ0n) is 11.3. The second-order valence-corrected chi connectivity index (χ2v) is 6.59. The minimum absolute atomic E-state index is 0.533. The van der Waals surface area contributed by atoms with Crippen LogP contribution in [0, 0.1) is 11.3 Å². The lowest BCUT2D eigenvalue weighted by Gasteiger charge is -2.33. The first kappa shape index (κ1) is 12.4. The van der Waals surface area contributed by atoms with Crippen molar-refractivity contribution in [2.45, 2.75) is 52.0 Å². The molecule has 1 N–H and O–H groups in total. The van der Waals surface area contributed by atoms with Crippen molar-refractivity contribution < 1.29 is 0 Å². The third-order valence-electron chi connectivity index (χ3n) is 4.75. The van der Waals surface area contributed by atoms with Gasteiger partial charge >= 0.3 is 0 Å². The molecule has 1 aliphatic heterocycles.